The molecule has 1 rings (SSSR count). The van der Waals surface area contributed by atoms with Gasteiger partial charge in [0.25, 0.3) is 0 Å². The summed E-state index contributed by atoms with van der Waals surface area (Å²) < 4.78 is 13.9. The number of nitrogens with two attached hydrogens (primary N) is 1. The van der Waals surface area contributed by atoms with Crippen molar-refractivity contribution in [1.82, 2.24) is 0 Å². The molecule has 4 heteroatoms. The minimum absolute atomic E-state index is 0.0411. The van der Waals surface area contributed by atoms with Gasteiger partial charge in [0.05, 0.1) is 12.3 Å². The van der Waals surface area contributed by atoms with Crippen molar-refractivity contribution in [2.24, 2.45) is 5.73 Å². The van der Waals surface area contributed by atoms with E-state index in [9.17, 15) is 4.39 Å². The van der Waals surface area contributed by atoms with Crippen molar-refractivity contribution >= 4 is 5.69 Å². The molecule has 0 fully saturated rings. The third-order valence-electron chi connectivity index (χ3n) is 2.54. The number of hydrogen-bond donors (Lipinski definition) is 2. The molecule has 3 nitrogen and oxygen atoms in total. The van der Waals surface area contributed by atoms with Gasteiger partial charge < -0.3 is 15.7 Å². The quantitative estimate of drug-likeness (QED) is 0.743. The molecule has 0 heterocycles. The van der Waals surface area contributed by atoms with Crippen molar-refractivity contribution in [3.05, 3.63) is 42.2 Å². The average Bonchev–Trinajstić information content (AvgIpc) is 2.28. The summed E-state index contributed by atoms with van der Waals surface area (Å²) in [5, 5.41) is 9.02. The van der Waals surface area contributed by atoms with Crippen LogP contribution in [0.15, 0.2) is 30.9 Å². The van der Waals surface area contributed by atoms with Gasteiger partial charge in [-0.25, -0.2) is 4.39 Å². The normalized spacial score (nSPS) is 12.2. The zero-order valence-corrected chi connectivity index (χ0v) is 10.1. The highest BCUT2D eigenvalue weighted by atomic mass is 19.1. The maximum absolute atomic E-state index is 13.9. The van der Waals surface area contributed by atoms with Crippen LogP contribution < -0.4 is 10.6 Å². The fourth-order valence-electron chi connectivity index (χ4n) is 1.80. The van der Waals surface area contributed by atoms with Crippen LogP contribution in [0.4, 0.5) is 10.1 Å². The van der Waals surface area contributed by atoms with E-state index < -0.39 is 0 Å². The fourth-order valence-corrected chi connectivity index (χ4v) is 1.80. The zero-order valence-electron chi connectivity index (χ0n) is 10.1. The molecule has 0 saturated heterocycles. The van der Waals surface area contributed by atoms with E-state index >= 15 is 0 Å². The Labute approximate surface area is 101 Å². The molecule has 0 aliphatic heterocycles. The zero-order chi connectivity index (χ0) is 12.8. The second kappa shape index (κ2) is 6.37. The van der Waals surface area contributed by atoms with Crippen molar-refractivity contribution in [2.45, 2.75) is 13.0 Å². The van der Waals surface area contributed by atoms with Gasteiger partial charge in [0.1, 0.15) is 5.82 Å². The number of nitrogens with zero attached hydrogens (tertiary/aromatic N) is 1. The minimum Gasteiger partial charge on any atom is -0.395 e. The molecular formula is C13H19FN2O. The summed E-state index contributed by atoms with van der Waals surface area (Å²) in [6.45, 7) is 6.23. The molecule has 0 spiro atoms. The molecule has 0 aromatic heterocycles. The smallest absolute Gasteiger partial charge is 0.146 e. The first-order valence-electron chi connectivity index (χ1n) is 5.62. The molecule has 0 bridgehead atoms. The molecule has 0 radical (unpaired) electrons. The number of anilines is 1. The lowest BCUT2D eigenvalue weighted by atomic mass is 10.1. The first-order valence-corrected chi connectivity index (χ1v) is 5.62. The molecule has 0 amide bonds. The van der Waals surface area contributed by atoms with Crippen LogP contribution >= 0.6 is 0 Å². The van der Waals surface area contributed by atoms with Crippen molar-refractivity contribution in [3.63, 3.8) is 0 Å². The van der Waals surface area contributed by atoms with Gasteiger partial charge in [-0.05, 0) is 18.6 Å². The minimum atomic E-state index is -0.324. The summed E-state index contributed by atoms with van der Waals surface area (Å²) in [7, 11) is 0. The number of aliphatic hydroxyl groups excluding tert-OH is 1. The van der Waals surface area contributed by atoms with Gasteiger partial charge in [-0.2, -0.15) is 0 Å². The van der Waals surface area contributed by atoms with E-state index in [4.69, 9.17) is 10.8 Å². The van der Waals surface area contributed by atoms with Gasteiger partial charge >= 0.3 is 0 Å². The highest BCUT2D eigenvalue weighted by molar-refractivity contribution is 5.56. The third-order valence-corrected chi connectivity index (χ3v) is 2.54. The summed E-state index contributed by atoms with van der Waals surface area (Å²) in [6, 6.07) is 4.58. The van der Waals surface area contributed by atoms with E-state index in [2.05, 4.69) is 6.58 Å². The van der Waals surface area contributed by atoms with E-state index in [0.29, 0.717) is 18.8 Å². The topological polar surface area (TPSA) is 49.5 Å². The average molecular weight is 238 g/mol. The molecule has 17 heavy (non-hydrogen) atoms. The molecule has 0 aliphatic carbocycles. The second-order valence-corrected chi connectivity index (χ2v) is 3.92. The maximum Gasteiger partial charge on any atom is 0.146 e. The van der Waals surface area contributed by atoms with Crippen LogP contribution in [-0.2, 0) is 0 Å². The van der Waals surface area contributed by atoms with E-state index in [1.165, 1.54) is 6.07 Å². The lowest BCUT2D eigenvalue weighted by Gasteiger charge is -2.26. The molecule has 94 valence electrons. The van der Waals surface area contributed by atoms with Crippen molar-refractivity contribution in [1.29, 1.82) is 0 Å². The lowest BCUT2D eigenvalue weighted by molar-refractivity contribution is 0.302. The number of benzene rings is 1. The van der Waals surface area contributed by atoms with Gasteiger partial charge in [0, 0.05) is 19.1 Å². The van der Waals surface area contributed by atoms with Crippen LogP contribution in [0.1, 0.15) is 18.5 Å². The summed E-state index contributed by atoms with van der Waals surface area (Å²) in [4.78, 5) is 1.74. The van der Waals surface area contributed by atoms with Gasteiger partial charge in [-0.1, -0.05) is 18.2 Å². The predicted molar refractivity (Wildman–Crippen MR) is 68.5 cm³/mol. The predicted octanol–water partition coefficient (Wildman–Crippen LogP) is 1.83. The lowest BCUT2D eigenvalue weighted by Crippen LogP contribution is -2.29. The van der Waals surface area contributed by atoms with Crippen LogP contribution in [0, 0.1) is 5.82 Å². The molecule has 1 aromatic carbocycles. The highest BCUT2D eigenvalue weighted by Crippen LogP contribution is 2.28. The Kier molecular flexibility index (Phi) is 5.12. The van der Waals surface area contributed by atoms with E-state index in [1.54, 1.807) is 23.1 Å². The fraction of sp³-hybridized carbons (Fsp3) is 0.385. The Hall–Kier alpha value is -1.39. The Morgan fingerprint density at radius 3 is 2.82 bits per heavy atom. The van der Waals surface area contributed by atoms with E-state index in [0.717, 1.165) is 5.56 Å². The Morgan fingerprint density at radius 2 is 2.29 bits per heavy atom. The van der Waals surface area contributed by atoms with Crippen molar-refractivity contribution in [3.8, 4) is 0 Å². The summed E-state index contributed by atoms with van der Waals surface area (Å²) >= 11 is 0. The van der Waals surface area contributed by atoms with E-state index in [-0.39, 0.29) is 18.5 Å². The highest BCUT2D eigenvalue weighted by Gasteiger charge is 2.16. The number of halogens is 1. The van der Waals surface area contributed by atoms with Crippen LogP contribution in [0.2, 0.25) is 0 Å². The van der Waals surface area contributed by atoms with Gasteiger partial charge in [0.15, 0.2) is 0 Å². The number of para-hydroxylation sites is 1. The van der Waals surface area contributed by atoms with Gasteiger partial charge in [-0.15, -0.1) is 6.58 Å². The maximum atomic E-state index is 13.9. The number of rotatable bonds is 6. The van der Waals surface area contributed by atoms with Gasteiger partial charge in [-0.3, -0.25) is 0 Å². The first kappa shape index (κ1) is 13.7. The molecule has 0 unspecified atom stereocenters. The second-order valence-electron chi connectivity index (χ2n) is 3.92. The first-order chi connectivity index (χ1) is 8.11. The number of aliphatic hydroxyl groups is 1. The Bertz CT molecular complexity index is 380. The molecule has 1 atom stereocenters. The monoisotopic (exact) mass is 238 g/mol. The Balaban J connectivity index is 3.19. The SMILES string of the molecule is C=CCN(CCO)c1c(F)cccc1[C@H](C)N. The summed E-state index contributed by atoms with van der Waals surface area (Å²) in [6.07, 6.45) is 1.67. The largest absolute Gasteiger partial charge is 0.395 e. The van der Waals surface area contributed by atoms with Crippen LogP contribution in [-0.4, -0.2) is 24.8 Å². The molecule has 3 N–H and O–H groups in total. The van der Waals surface area contributed by atoms with E-state index in [1.807, 2.05) is 6.92 Å². The van der Waals surface area contributed by atoms with Crippen molar-refractivity contribution < 1.29 is 9.50 Å². The van der Waals surface area contributed by atoms with Gasteiger partial charge in [0.2, 0.25) is 0 Å². The Morgan fingerprint density at radius 1 is 1.59 bits per heavy atom. The third kappa shape index (κ3) is 3.28. The van der Waals surface area contributed by atoms with Crippen LogP contribution in [0.25, 0.3) is 0 Å². The molecule has 1 aromatic rings. The number of hydrogen-bond acceptors (Lipinski definition) is 3. The van der Waals surface area contributed by atoms with Crippen LogP contribution in [0.3, 0.4) is 0 Å². The molecule has 0 saturated carbocycles. The summed E-state index contributed by atoms with van der Waals surface area (Å²) in [5.74, 6) is -0.324. The molecular weight excluding hydrogens is 219 g/mol. The van der Waals surface area contributed by atoms with Crippen LogP contribution in [0.5, 0.6) is 0 Å². The van der Waals surface area contributed by atoms with Crippen molar-refractivity contribution in [2.75, 3.05) is 24.6 Å². The molecule has 0 aliphatic rings. The summed E-state index contributed by atoms with van der Waals surface area (Å²) in [5.41, 5.74) is 7.02. The standard InChI is InChI=1S/C13H19FN2O/c1-3-7-16(8-9-17)13-11(10(2)15)5-4-6-12(13)14/h3-6,10,17H,1,7-9,15H2,2H3/t10-/m0/s1.